The molecule has 0 aliphatic carbocycles. The van der Waals surface area contributed by atoms with Gasteiger partial charge in [-0.15, -0.1) is 0 Å². The predicted molar refractivity (Wildman–Crippen MR) is 55.4 cm³/mol. The average Bonchev–Trinajstić information content (AvgIpc) is 2.14. The van der Waals surface area contributed by atoms with E-state index in [0.717, 1.165) is 0 Å². The van der Waals surface area contributed by atoms with E-state index < -0.39 is 12.1 Å². The zero-order valence-electron chi connectivity index (χ0n) is 9.54. The molecule has 0 rings (SSSR count). The van der Waals surface area contributed by atoms with E-state index in [1.165, 1.54) is 6.92 Å². The summed E-state index contributed by atoms with van der Waals surface area (Å²) in [7, 11) is 0. The molecule has 0 saturated carbocycles. The molecule has 15 heavy (non-hydrogen) atoms. The quantitative estimate of drug-likeness (QED) is 0.477. The van der Waals surface area contributed by atoms with Crippen molar-refractivity contribution in [3.05, 3.63) is 0 Å². The Hall–Kier alpha value is -1.19. The lowest BCUT2D eigenvalue weighted by atomic mass is 10.0. The molecular formula is C11H18O4. The maximum Gasteiger partial charge on any atom is 0.303 e. The van der Waals surface area contributed by atoms with Gasteiger partial charge in [-0.05, 0) is 12.8 Å². The summed E-state index contributed by atoms with van der Waals surface area (Å²) >= 11 is 0. The number of ketones is 2. The molecule has 0 unspecified atom stereocenters. The molecule has 0 aliphatic heterocycles. The van der Waals surface area contributed by atoms with Crippen LogP contribution in [0.1, 0.15) is 46.5 Å². The lowest BCUT2D eigenvalue weighted by Gasteiger charge is -2.13. The van der Waals surface area contributed by atoms with Gasteiger partial charge in [0.05, 0.1) is 0 Å². The van der Waals surface area contributed by atoms with Crippen LogP contribution in [-0.4, -0.2) is 23.6 Å². The van der Waals surface area contributed by atoms with Crippen LogP contribution in [0.3, 0.4) is 0 Å². The minimum absolute atomic E-state index is 0.271. The highest BCUT2D eigenvalue weighted by molar-refractivity contribution is 6.06. The van der Waals surface area contributed by atoms with Crippen LogP contribution < -0.4 is 0 Å². The Morgan fingerprint density at radius 2 is 1.40 bits per heavy atom. The first-order valence-electron chi connectivity index (χ1n) is 5.25. The van der Waals surface area contributed by atoms with Crippen LogP contribution in [0.5, 0.6) is 0 Å². The first-order valence-corrected chi connectivity index (χ1v) is 5.25. The smallest absolute Gasteiger partial charge is 0.303 e. The standard InChI is InChI=1S/C11H18O4/c1-4-6-9(13)11(15-8(3)12)10(14)7-5-2/h11H,4-7H2,1-3H3. The van der Waals surface area contributed by atoms with Crippen LogP contribution in [0.4, 0.5) is 0 Å². The second-order valence-electron chi connectivity index (χ2n) is 3.42. The largest absolute Gasteiger partial charge is 0.446 e. The average molecular weight is 214 g/mol. The Morgan fingerprint density at radius 1 is 1.00 bits per heavy atom. The molecule has 0 amide bonds. The highest BCUT2D eigenvalue weighted by Gasteiger charge is 2.27. The minimum atomic E-state index is -1.18. The molecule has 4 heteroatoms. The monoisotopic (exact) mass is 214 g/mol. The van der Waals surface area contributed by atoms with Gasteiger partial charge in [0.25, 0.3) is 0 Å². The Morgan fingerprint density at radius 3 is 1.67 bits per heavy atom. The van der Waals surface area contributed by atoms with Crippen molar-refractivity contribution in [2.24, 2.45) is 0 Å². The molecule has 0 aliphatic rings. The molecule has 86 valence electrons. The van der Waals surface area contributed by atoms with Crippen LogP contribution in [0, 0.1) is 0 Å². The molecule has 0 heterocycles. The van der Waals surface area contributed by atoms with Crippen molar-refractivity contribution in [1.82, 2.24) is 0 Å². The summed E-state index contributed by atoms with van der Waals surface area (Å²) in [4.78, 5) is 33.7. The first-order chi connectivity index (χ1) is 7.02. The number of carbonyl (C=O) groups is 3. The van der Waals surface area contributed by atoms with Crippen molar-refractivity contribution in [2.75, 3.05) is 0 Å². The highest BCUT2D eigenvalue weighted by Crippen LogP contribution is 2.06. The van der Waals surface area contributed by atoms with Gasteiger partial charge >= 0.3 is 5.97 Å². The van der Waals surface area contributed by atoms with E-state index in [4.69, 9.17) is 4.74 Å². The topological polar surface area (TPSA) is 60.4 Å². The van der Waals surface area contributed by atoms with E-state index in [2.05, 4.69) is 0 Å². The van der Waals surface area contributed by atoms with Gasteiger partial charge in [0.1, 0.15) is 0 Å². The van der Waals surface area contributed by atoms with Crippen LogP contribution in [-0.2, 0) is 19.1 Å². The van der Waals surface area contributed by atoms with Crippen LogP contribution in [0.2, 0.25) is 0 Å². The van der Waals surface area contributed by atoms with Gasteiger partial charge in [-0.2, -0.15) is 0 Å². The molecule has 0 aromatic heterocycles. The zero-order chi connectivity index (χ0) is 11.8. The van der Waals surface area contributed by atoms with E-state index in [1.807, 2.05) is 13.8 Å². The van der Waals surface area contributed by atoms with Gasteiger partial charge in [-0.3, -0.25) is 14.4 Å². The summed E-state index contributed by atoms with van der Waals surface area (Å²) in [5.74, 6) is -1.19. The van der Waals surface area contributed by atoms with Crippen molar-refractivity contribution in [1.29, 1.82) is 0 Å². The van der Waals surface area contributed by atoms with Crippen LogP contribution in [0.15, 0.2) is 0 Å². The Kier molecular flexibility index (Phi) is 6.58. The molecular weight excluding hydrogens is 196 g/mol. The molecule has 0 radical (unpaired) electrons. The number of ether oxygens (including phenoxy) is 1. The van der Waals surface area contributed by atoms with Crippen molar-refractivity contribution >= 4 is 17.5 Å². The zero-order valence-corrected chi connectivity index (χ0v) is 9.54. The van der Waals surface area contributed by atoms with Crippen LogP contribution in [0.25, 0.3) is 0 Å². The van der Waals surface area contributed by atoms with Gasteiger partial charge < -0.3 is 4.74 Å². The van der Waals surface area contributed by atoms with Gasteiger partial charge in [0.2, 0.25) is 6.10 Å². The van der Waals surface area contributed by atoms with Crippen molar-refractivity contribution in [3.8, 4) is 0 Å². The summed E-state index contributed by atoms with van der Waals surface area (Å²) < 4.78 is 4.74. The summed E-state index contributed by atoms with van der Waals surface area (Å²) in [6, 6.07) is 0. The molecule has 0 fully saturated rings. The molecule has 0 bridgehead atoms. The third-order valence-electron chi connectivity index (χ3n) is 1.86. The molecule has 0 aromatic carbocycles. The number of esters is 1. The maximum atomic E-state index is 11.5. The van der Waals surface area contributed by atoms with Crippen LogP contribution >= 0.6 is 0 Å². The third-order valence-corrected chi connectivity index (χ3v) is 1.86. The van der Waals surface area contributed by atoms with Gasteiger partial charge in [0.15, 0.2) is 11.6 Å². The van der Waals surface area contributed by atoms with E-state index in [1.54, 1.807) is 0 Å². The Balaban J connectivity index is 4.49. The van der Waals surface area contributed by atoms with E-state index in [-0.39, 0.29) is 24.4 Å². The normalized spacial score (nSPS) is 10.1. The second kappa shape index (κ2) is 7.15. The number of hydrogen-bond acceptors (Lipinski definition) is 4. The predicted octanol–water partition coefficient (Wildman–Crippen LogP) is 1.66. The van der Waals surface area contributed by atoms with E-state index in [0.29, 0.717) is 12.8 Å². The number of rotatable bonds is 7. The Bertz CT molecular complexity index is 227. The molecule has 0 aromatic rings. The lowest BCUT2D eigenvalue weighted by Crippen LogP contribution is -2.34. The SMILES string of the molecule is CCCC(=O)C(OC(C)=O)C(=O)CCC. The molecule has 0 atom stereocenters. The summed E-state index contributed by atoms with van der Waals surface area (Å²) in [5.41, 5.74) is 0. The van der Waals surface area contributed by atoms with Crippen molar-refractivity contribution in [2.45, 2.75) is 52.6 Å². The Labute approximate surface area is 90.0 Å². The number of carbonyl (C=O) groups excluding carboxylic acids is 3. The lowest BCUT2D eigenvalue weighted by molar-refractivity contribution is -0.158. The maximum absolute atomic E-state index is 11.5. The van der Waals surface area contributed by atoms with Gasteiger partial charge in [-0.1, -0.05) is 13.8 Å². The molecule has 0 spiro atoms. The second-order valence-corrected chi connectivity index (χ2v) is 3.42. The van der Waals surface area contributed by atoms with Gasteiger partial charge in [0, 0.05) is 19.8 Å². The fourth-order valence-corrected chi connectivity index (χ4v) is 1.23. The fraction of sp³-hybridized carbons (Fsp3) is 0.727. The molecule has 0 saturated heterocycles. The summed E-state index contributed by atoms with van der Waals surface area (Å²) in [5, 5.41) is 0. The van der Waals surface area contributed by atoms with E-state index in [9.17, 15) is 14.4 Å². The fourth-order valence-electron chi connectivity index (χ4n) is 1.23. The van der Waals surface area contributed by atoms with Crippen molar-refractivity contribution in [3.63, 3.8) is 0 Å². The van der Waals surface area contributed by atoms with Crippen molar-refractivity contribution < 1.29 is 19.1 Å². The molecule has 4 nitrogen and oxygen atoms in total. The first kappa shape index (κ1) is 13.8. The number of Topliss-reactive ketones (excluding diaryl/α,β-unsaturated/α-hetero) is 2. The van der Waals surface area contributed by atoms with Gasteiger partial charge in [-0.25, -0.2) is 0 Å². The number of hydrogen-bond donors (Lipinski definition) is 0. The summed E-state index contributed by atoms with van der Waals surface area (Å²) in [6.07, 6.45) is 0.662. The summed E-state index contributed by atoms with van der Waals surface area (Å²) in [6.45, 7) is 4.88. The highest BCUT2D eigenvalue weighted by atomic mass is 16.5. The van der Waals surface area contributed by atoms with E-state index >= 15 is 0 Å². The molecule has 0 N–H and O–H groups in total. The third kappa shape index (κ3) is 5.30. The minimum Gasteiger partial charge on any atom is -0.446 e.